The van der Waals surface area contributed by atoms with Crippen LogP contribution in [0.5, 0.6) is 11.5 Å². The summed E-state index contributed by atoms with van der Waals surface area (Å²) in [6.45, 7) is 1.20. The summed E-state index contributed by atoms with van der Waals surface area (Å²) in [5, 5.41) is 0. The first-order valence-corrected chi connectivity index (χ1v) is 5.25. The Bertz CT molecular complexity index is 497. The van der Waals surface area contributed by atoms with E-state index in [-0.39, 0.29) is 0 Å². The lowest BCUT2D eigenvalue weighted by Crippen LogP contribution is -2.15. The third-order valence-corrected chi connectivity index (χ3v) is 2.51. The van der Waals surface area contributed by atoms with E-state index in [1.165, 1.54) is 0 Å². The summed E-state index contributed by atoms with van der Waals surface area (Å²) >= 11 is 0. The van der Waals surface area contributed by atoms with Crippen molar-refractivity contribution >= 4 is 0 Å². The number of benzene rings is 1. The molecule has 3 heteroatoms. The van der Waals surface area contributed by atoms with Gasteiger partial charge in [0, 0.05) is 11.8 Å². The van der Waals surface area contributed by atoms with Gasteiger partial charge in [-0.1, -0.05) is 12.1 Å². The SMILES string of the molecule is c1ccc(-c2cccc3c2OCCO3)nc1. The Morgan fingerprint density at radius 3 is 2.75 bits per heavy atom. The third-order valence-electron chi connectivity index (χ3n) is 2.51. The molecule has 2 heterocycles. The molecular formula is C13H11NO2. The number of nitrogens with zero attached hydrogens (tertiary/aromatic N) is 1. The van der Waals surface area contributed by atoms with Gasteiger partial charge >= 0.3 is 0 Å². The maximum Gasteiger partial charge on any atom is 0.170 e. The largest absolute Gasteiger partial charge is 0.486 e. The van der Waals surface area contributed by atoms with Crippen LogP contribution in [0.3, 0.4) is 0 Å². The summed E-state index contributed by atoms with van der Waals surface area (Å²) in [5.74, 6) is 1.60. The standard InChI is InChI=1S/C13H11NO2/c1-2-7-14-11(5-1)10-4-3-6-12-13(10)16-9-8-15-12/h1-7H,8-9H2. The first-order chi connectivity index (χ1) is 7.95. The van der Waals surface area contributed by atoms with E-state index >= 15 is 0 Å². The van der Waals surface area contributed by atoms with Gasteiger partial charge in [0.1, 0.15) is 13.2 Å². The van der Waals surface area contributed by atoms with Crippen molar-refractivity contribution in [3.05, 3.63) is 42.6 Å². The summed E-state index contributed by atoms with van der Waals surface area (Å²) < 4.78 is 11.2. The molecular weight excluding hydrogens is 202 g/mol. The normalized spacial score (nSPS) is 13.5. The highest BCUT2D eigenvalue weighted by Gasteiger charge is 2.16. The maximum absolute atomic E-state index is 5.64. The zero-order valence-electron chi connectivity index (χ0n) is 8.72. The smallest absolute Gasteiger partial charge is 0.170 e. The molecule has 0 amide bonds. The van der Waals surface area contributed by atoms with Crippen LogP contribution in [0.25, 0.3) is 11.3 Å². The molecule has 2 aromatic rings. The van der Waals surface area contributed by atoms with E-state index in [4.69, 9.17) is 9.47 Å². The van der Waals surface area contributed by atoms with Crippen LogP contribution in [0, 0.1) is 0 Å². The summed E-state index contributed by atoms with van der Waals surface area (Å²) in [4.78, 5) is 4.32. The van der Waals surface area contributed by atoms with Crippen LogP contribution in [-0.2, 0) is 0 Å². The first kappa shape index (κ1) is 9.21. The average Bonchev–Trinajstić information content (AvgIpc) is 2.39. The van der Waals surface area contributed by atoms with Gasteiger partial charge in [-0.3, -0.25) is 4.98 Å². The predicted octanol–water partition coefficient (Wildman–Crippen LogP) is 2.52. The Labute approximate surface area is 93.7 Å². The lowest BCUT2D eigenvalue weighted by atomic mass is 10.1. The second-order valence-corrected chi connectivity index (χ2v) is 3.54. The van der Waals surface area contributed by atoms with Crippen LogP contribution in [0.2, 0.25) is 0 Å². The molecule has 1 aromatic carbocycles. The van der Waals surface area contributed by atoms with Crippen LogP contribution < -0.4 is 9.47 Å². The van der Waals surface area contributed by atoms with E-state index < -0.39 is 0 Å². The van der Waals surface area contributed by atoms with Crippen LogP contribution in [0.15, 0.2) is 42.6 Å². The van der Waals surface area contributed by atoms with Crippen molar-refractivity contribution in [1.82, 2.24) is 4.98 Å². The van der Waals surface area contributed by atoms with E-state index in [2.05, 4.69) is 4.98 Å². The van der Waals surface area contributed by atoms with Crippen LogP contribution >= 0.6 is 0 Å². The Balaban J connectivity index is 2.14. The van der Waals surface area contributed by atoms with Crippen molar-refractivity contribution in [3.63, 3.8) is 0 Å². The summed E-state index contributed by atoms with van der Waals surface area (Å²) in [6, 6.07) is 11.7. The molecule has 0 aliphatic carbocycles. The molecule has 0 unspecified atom stereocenters. The topological polar surface area (TPSA) is 31.4 Å². The number of ether oxygens (including phenoxy) is 2. The number of aromatic nitrogens is 1. The monoisotopic (exact) mass is 213 g/mol. The Morgan fingerprint density at radius 2 is 1.88 bits per heavy atom. The molecule has 1 aromatic heterocycles. The fourth-order valence-electron chi connectivity index (χ4n) is 1.80. The zero-order chi connectivity index (χ0) is 10.8. The van der Waals surface area contributed by atoms with Gasteiger partial charge in [-0.05, 0) is 24.3 Å². The molecule has 80 valence electrons. The highest BCUT2D eigenvalue weighted by atomic mass is 16.6. The zero-order valence-corrected chi connectivity index (χ0v) is 8.72. The van der Waals surface area contributed by atoms with Gasteiger partial charge in [-0.2, -0.15) is 0 Å². The lowest BCUT2D eigenvalue weighted by Gasteiger charge is -2.20. The maximum atomic E-state index is 5.64. The molecule has 1 aliphatic rings. The quantitative estimate of drug-likeness (QED) is 0.729. The Morgan fingerprint density at radius 1 is 0.938 bits per heavy atom. The van der Waals surface area contributed by atoms with Crippen molar-refractivity contribution in [2.45, 2.75) is 0 Å². The second kappa shape index (κ2) is 3.85. The average molecular weight is 213 g/mol. The van der Waals surface area contributed by atoms with Crippen molar-refractivity contribution in [2.24, 2.45) is 0 Å². The highest BCUT2D eigenvalue weighted by molar-refractivity contribution is 5.71. The third kappa shape index (κ3) is 1.50. The summed E-state index contributed by atoms with van der Waals surface area (Å²) in [7, 11) is 0. The number of fused-ring (bicyclic) bond motifs is 1. The fraction of sp³-hybridized carbons (Fsp3) is 0.154. The highest BCUT2D eigenvalue weighted by Crippen LogP contribution is 2.38. The van der Waals surface area contributed by atoms with Gasteiger partial charge in [0.2, 0.25) is 0 Å². The fourth-order valence-corrected chi connectivity index (χ4v) is 1.80. The van der Waals surface area contributed by atoms with Crippen molar-refractivity contribution in [1.29, 1.82) is 0 Å². The minimum absolute atomic E-state index is 0.594. The molecule has 0 spiro atoms. The Hall–Kier alpha value is -2.03. The predicted molar refractivity (Wildman–Crippen MR) is 60.7 cm³/mol. The number of para-hydroxylation sites is 1. The molecule has 0 radical (unpaired) electrons. The minimum atomic E-state index is 0.594. The van der Waals surface area contributed by atoms with Crippen molar-refractivity contribution < 1.29 is 9.47 Å². The van der Waals surface area contributed by atoms with Crippen LogP contribution in [-0.4, -0.2) is 18.2 Å². The number of hydrogen-bond acceptors (Lipinski definition) is 3. The van der Waals surface area contributed by atoms with E-state index in [1.807, 2.05) is 36.4 Å². The molecule has 0 atom stereocenters. The van der Waals surface area contributed by atoms with E-state index in [9.17, 15) is 0 Å². The molecule has 0 saturated heterocycles. The van der Waals surface area contributed by atoms with Gasteiger partial charge in [0.15, 0.2) is 11.5 Å². The minimum Gasteiger partial charge on any atom is -0.486 e. The van der Waals surface area contributed by atoms with Crippen molar-refractivity contribution in [3.8, 4) is 22.8 Å². The number of hydrogen-bond donors (Lipinski definition) is 0. The molecule has 3 nitrogen and oxygen atoms in total. The molecule has 0 saturated carbocycles. The number of rotatable bonds is 1. The molecule has 0 bridgehead atoms. The Kier molecular flexibility index (Phi) is 2.22. The van der Waals surface area contributed by atoms with Gasteiger partial charge in [-0.15, -0.1) is 0 Å². The van der Waals surface area contributed by atoms with E-state index in [0.29, 0.717) is 13.2 Å². The molecule has 0 fully saturated rings. The van der Waals surface area contributed by atoms with E-state index in [1.54, 1.807) is 6.20 Å². The summed E-state index contributed by atoms with van der Waals surface area (Å²) in [6.07, 6.45) is 1.78. The van der Waals surface area contributed by atoms with Gasteiger partial charge in [0.25, 0.3) is 0 Å². The van der Waals surface area contributed by atoms with Crippen LogP contribution in [0.1, 0.15) is 0 Å². The van der Waals surface area contributed by atoms with Crippen LogP contribution in [0.4, 0.5) is 0 Å². The molecule has 0 N–H and O–H groups in total. The number of pyridine rings is 1. The van der Waals surface area contributed by atoms with Gasteiger partial charge in [0.05, 0.1) is 5.69 Å². The molecule has 1 aliphatic heterocycles. The van der Waals surface area contributed by atoms with Crippen molar-refractivity contribution in [2.75, 3.05) is 13.2 Å². The first-order valence-electron chi connectivity index (χ1n) is 5.25. The van der Waals surface area contributed by atoms with E-state index in [0.717, 1.165) is 22.8 Å². The molecule has 3 rings (SSSR count). The molecule has 16 heavy (non-hydrogen) atoms. The van der Waals surface area contributed by atoms with Gasteiger partial charge in [-0.25, -0.2) is 0 Å². The second-order valence-electron chi connectivity index (χ2n) is 3.54. The summed E-state index contributed by atoms with van der Waals surface area (Å²) in [5.41, 5.74) is 1.89. The van der Waals surface area contributed by atoms with Gasteiger partial charge < -0.3 is 9.47 Å². The lowest BCUT2D eigenvalue weighted by molar-refractivity contribution is 0.172.